The second-order valence-electron chi connectivity index (χ2n) is 3.50. The van der Waals surface area contributed by atoms with Crippen molar-refractivity contribution in [1.82, 2.24) is 5.32 Å². The number of hydrogen-bond donors (Lipinski definition) is 2. The highest BCUT2D eigenvalue weighted by Crippen LogP contribution is 2.21. The van der Waals surface area contributed by atoms with Crippen molar-refractivity contribution in [3.05, 3.63) is 28.5 Å². The molecule has 1 aliphatic rings. The van der Waals surface area contributed by atoms with Crippen molar-refractivity contribution in [3.63, 3.8) is 0 Å². The summed E-state index contributed by atoms with van der Waals surface area (Å²) in [6, 6.07) is 5.18. The molecule has 0 amide bonds. The lowest BCUT2D eigenvalue weighted by Crippen LogP contribution is -2.30. The molecule has 1 aromatic rings. The number of nitrogens with one attached hydrogen (secondary N) is 2. The molecular weight excluding hydrogens is 279 g/mol. The zero-order chi connectivity index (χ0) is 10.8. The largest absolute Gasteiger partial charge is 0.360 e. The highest BCUT2D eigenvalue weighted by Gasteiger charge is 2.21. The molecule has 2 N–H and O–H groups in total. The first-order valence-corrected chi connectivity index (χ1v) is 5.88. The molecule has 0 atom stereocenters. The zero-order valence-corrected chi connectivity index (χ0v) is 10.3. The molecule has 1 fully saturated rings. The SMILES string of the molecule is Fc1ccc(Br)cc1NC(=S)NC1CC1. The van der Waals surface area contributed by atoms with Crippen molar-refractivity contribution >= 4 is 38.9 Å². The van der Waals surface area contributed by atoms with Crippen molar-refractivity contribution in [2.24, 2.45) is 0 Å². The topological polar surface area (TPSA) is 24.1 Å². The molecule has 1 aromatic carbocycles. The van der Waals surface area contributed by atoms with Gasteiger partial charge in [0.25, 0.3) is 0 Å². The van der Waals surface area contributed by atoms with Gasteiger partial charge >= 0.3 is 0 Å². The van der Waals surface area contributed by atoms with E-state index in [4.69, 9.17) is 12.2 Å². The highest BCUT2D eigenvalue weighted by atomic mass is 79.9. The van der Waals surface area contributed by atoms with E-state index in [0.717, 1.165) is 17.3 Å². The van der Waals surface area contributed by atoms with Gasteiger partial charge in [-0.3, -0.25) is 0 Å². The third-order valence-electron chi connectivity index (χ3n) is 2.09. The first-order chi connectivity index (χ1) is 7.15. The van der Waals surface area contributed by atoms with Crippen LogP contribution >= 0.6 is 28.1 Å². The normalized spacial score (nSPS) is 14.8. The first-order valence-electron chi connectivity index (χ1n) is 4.68. The maximum atomic E-state index is 13.3. The van der Waals surface area contributed by atoms with Crippen LogP contribution < -0.4 is 10.6 Å². The predicted molar refractivity (Wildman–Crippen MR) is 66.5 cm³/mol. The Bertz CT molecular complexity index is 393. The Labute approximate surface area is 101 Å². The van der Waals surface area contributed by atoms with E-state index >= 15 is 0 Å². The first kappa shape index (κ1) is 10.8. The van der Waals surface area contributed by atoms with Crippen LogP contribution in [0.2, 0.25) is 0 Å². The minimum Gasteiger partial charge on any atom is -0.360 e. The van der Waals surface area contributed by atoms with Crippen LogP contribution in [0.4, 0.5) is 10.1 Å². The maximum Gasteiger partial charge on any atom is 0.171 e. The lowest BCUT2D eigenvalue weighted by molar-refractivity contribution is 0.631. The molecule has 80 valence electrons. The van der Waals surface area contributed by atoms with E-state index in [2.05, 4.69) is 26.6 Å². The minimum atomic E-state index is -0.307. The van der Waals surface area contributed by atoms with Crippen LogP contribution in [-0.4, -0.2) is 11.2 Å². The van der Waals surface area contributed by atoms with Crippen LogP contribution in [-0.2, 0) is 0 Å². The monoisotopic (exact) mass is 288 g/mol. The van der Waals surface area contributed by atoms with Crippen molar-refractivity contribution in [2.75, 3.05) is 5.32 Å². The lowest BCUT2D eigenvalue weighted by Gasteiger charge is -2.10. The van der Waals surface area contributed by atoms with Crippen molar-refractivity contribution in [1.29, 1.82) is 0 Å². The average Bonchev–Trinajstić information content (AvgIpc) is 2.95. The van der Waals surface area contributed by atoms with E-state index in [1.54, 1.807) is 12.1 Å². The Morgan fingerprint density at radius 1 is 1.47 bits per heavy atom. The van der Waals surface area contributed by atoms with Gasteiger partial charge in [0.1, 0.15) is 5.82 Å². The molecule has 1 aliphatic carbocycles. The Morgan fingerprint density at radius 2 is 2.20 bits per heavy atom. The third-order valence-corrected chi connectivity index (χ3v) is 2.80. The van der Waals surface area contributed by atoms with Crippen molar-refractivity contribution in [3.8, 4) is 0 Å². The molecule has 2 nitrogen and oxygen atoms in total. The van der Waals surface area contributed by atoms with E-state index in [1.807, 2.05) is 0 Å². The molecular formula is C10H10BrFN2S. The molecule has 0 aliphatic heterocycles. The third kappa shape index (κ3) is 3.14. The van der Waals surface area contributed by atoms with Gasteiger partial charge < -0.3 is 10.6 Å². The Kier molecular flexibility index (Phi) is 3.21. The second-order valence-corrected chi connectivity index (χ2v) is 4.82. The Balaban J connectivity index is 2.01. The number of benzene rings is 1. The average molecular weight is 289 g/mol. The fourth-order valence-electron chi connectivity index (χ4n) is 1.16. The van der Waals surface area contributed by atoms with Crippen LogP contribution in [0, 0.1) is 5.82 Å². The van der Waals surface area contributed by atoms with Gasteiger partial charge in [0.2, 0.25) is 0 Å². The molecule has 2 rings (SSSR count). The number of halogens is 2. The van der Waals surface area contributed by atoms with Gasteiger partial charge in [0, 0.05) is 10.5 Å². The van der Waals surface area contributed by atoms with Gasteiger partial charge in [-0.2, -0.15) is 0 Å². The van der Waals surface area contributed by atoms with Crippen LogP contribution in [0.25, 0.3) is 0 Å². The van der Waals surface area contributed by atoms with Gasteiger partial charge in [-0.15, -0.1) is 0 Å². The predicted octanol–water partition coefficient (Wildman–Crippen LogP) is 3.04. The van der Waals surface area contributed by atoms with Crippen LogP contribution in [0.3, 0.4) is 0 Å². The summed E-state index contributed by atoms with van der Waals surface area (Å²) >= 11 is 8.33. The van der Waals surface area contributed by atoms with Gasteiger partial charge in [-0.1, -0.05) is 15.9 Å². The maximum absolute atomic E-state index is 13.3. The summed E-state index contributed by atoms with van der Waals surface area (Å²) in [6.07, 6.45) is 2.28. The van der Waals surface area contributed by atoms with Gasteiger partial charge in [0.05, 0.1) is 5.69 Å². The van der Waals surface area contributed by atoms with E-state index in [1.165, 1.54) is 6.07 Å². The summed E-state index contributed by atoms with van der Waals surface area (Å²) in [4.78, 5) is 0. The molecule has 0 radical (unpaired) electrons. The van der Waals surface area contributed by atoms with Crippen LogP contribution in [0.5, 0.6) is 0 Å². The summed E-state index contributed by atoms with van der Waals surface area (Å²) in [5.74, 6) is -0.307. The fourth-order valence-corrected chi connectivity index (χ4v) is 1.80. The van der Waals surface area contributed by atoms with E-state index < -0.39 is 0 Å². The number of thiocarbonyl (C=S) groups is 1. The summed E-state index contributed by atoms with van der Waals surface area (Å²) < 4.78 is 14.1. The van der Waals surface area contributed by atoms with E-state index in [9.17, 15) is 4.39 Å². The number of rotatable bonds is 2. The summed E-state index contributed by atoms with van der Waals surface area (Å²) in [5, 5.41) is 6.41. The van der Waals surface area contributed by atoms with E-state index in [0.29, 0.717) is 16.8 Å². The van der Waals surface area contributed by atoms with E-state index in [-0.39, 0.29) is 5.82 Å². The van der Waals surface area contributed by atoms with Crippen molar-refractivity contribution in [2.45, 2.75) is 18.9 Å². The number of anilines is 1. The fraction of sp³-hybridized carbons (Fsp3) is 0.300. The van der Waals surface area contributed by atoms with Crippen molar-refractivity contribution < 1.29 is 4.39 Å². The molecule has 0 bridgehead atoms. The van der Waals surface area contributed by atoms with Crippen LogP contribution in [0.1, 0.15) is 12.8 Å². The summed E-state index contributed by atoms with van der Waals surface area (Å²) in [6.45, 7) is 0. The summed E-state index contributed by atoms with van der Waals surface area (Å²) in [5.41, 5.74) is 0.391. The van der Waals surface area contributed by atoms with Gasteiger partial charge in [-0.05, 0) is 43.3 Å². The molecule has 0 unspecified atom stereocenters. The summed E-state index contributed by atoms with van der Waals surface area (Å²) in [7, 11) is 0. The molecule has 0 spiro atoms. The van der Waals surface area contributed by atoms with Gasteiger partial charge in [0.15, 0.2) is 5.11 Å². The number of hydrogen-bond acceptors (Lipinski definition) is 1. The standard InChI is InChI=1S/C10H10BrFN2S/c11-6-1-4-8(12)9(5-6)14-10(15)13-7-2-3-7/h1,4-5,7H,2-3H2,(H2,13,14,15). The quantitative estimate of drug-likeness (QED) is 0.818. The molecule has 0 saturated heterocycles. The molecule has 0 aromatic heterocycles. The zero-order valence-electron chi connectivity index (χ0n) is 7.89. The molecule has 15 heavy (non-hydrogen) atoms. The second kappa shape index (κ2) is 4.45. The lowest BCUT2D eigenvalue weighted by atomic mass is 10.3. The van der Waals surface area contributed by atoms with Gasteiger partial charge in [-0.25, -0.2) is 4.39 Å². The Hall–Kier alpha value is -0.680. The smallest absolute Gasteiger partial charge is 0.171 e. The molecule has 0 heterocycles. The highest BCUT2D eigenvalue weighted by molar-refractivity contribution is 9.10. The molecule has 1 saturated carbocycles. The Morgan fingerprint density at radius 3 is 2.87 bits per heavy atom. The minimum absolute atomic E-state index is 0.307. The molecule has 5 heteroatoms. The van der Waals surface area contributed by atoms with Crippen LogP contribution in [0.15, 0.2) is 22.7 Å².